The Bertz CT molecular complexity index is 1910. The quantitative estimate of drug-likeness (QED) is 0.223. The van der Waals surface area contributed by atoms with Crippen molar-refractivity contribution in [2.75, 3.05) is 27.3 Å². The molecule has 4 aliphatic heterocycles. The van der Waals surface area contributed by atoms with E-state index in [1.807, 2.05) is 58.3 Å². The lowest BCUT2D eigenvalue weighted by Gasteiger charge is -2.49. The summed E-state index contributed by atoms with van der Waals surface area (Å²) in [5, 5.41) is 55.9. The molecule has 1 aromatic heterocycles. The summed E-state index contributed by atoms with van der Waals surface area (Å²) in [6, 6.07) is 7.17. The average Bonchev–Trinajstić information content (AvgIpc) is 3.91. The van der Waals surface area contributed by atoms with Crippen molar-refractivity contribution in [2.45, 2.75) is 185 Å². The number of ether oxygens (including phenoxy) is 7. The van der Waals surface area contributed by atoms with E-state index in [1.165, 1.54) is 14.0 Å². The third kappa shape index (κ3) is 11.3. The van der Waals surface area contributed by atoms with Crippen molar-refractivity contribution < 1.29 is 63.2 Å². The smallest absolute Gasteiger partial charge is 0.311 e. The second kappa shape index (κ2) is 20.9. The van der Waals surface area contributed by atoms with E-state index in [1.54, 1.807) is 39.3 Å². The van der Waals surface area contributed by atoms with Crippen LogP contribution in [0.25, 0.3) is 0 Å². The van der Waals surface area contributed by atoms with Crippen LogP contribution in [0.5, 0.6) is 0 Å². The van der Waals surface area contributed by atoms with Gasteiger partial charge in [0.05, 0.1) is 66.5 Å². The molecule has 366 valence electrons. The number of benzene rings is 1. The summed E-state index contributed by atoms with van der Waals surface area (Å²) in [5.41, 5.74) is -2.41. The Kier molecular flexibility index (Phi) is 16.7. The SMILES string of the molecule is CC[C@H]1OC(=O)[C@H](C)[C@@H](O[C@H]2C[C@@](C)(OC)[C@@H](O)[C@H](C)O2)[C@H](C)[C@@H](O[C@@H]2O[C@H](C)C[C@H](N(C)CCc3cn(Cc4ccc(Cl)cc4)nn3)[C@H]2O)[C@@]2(C)C[C@@H](CO2)C(=O)[C@H](C)[C@@H](O)[C@]1(C)O. The molecule has 0 radical (unpaired) electrons. The molecule has 0 aliphatic carbocycles. The number of carbonyl (C=O) groups excluding carboxylic acids is 2. The number of fused-ring (bicyclic) bond motifs is 2. The van der Waals surface area contributed by atoms with Gasteiger partial charge in [-0.2, -0.15) is 0 Å². The number of aromatic nitrogens is 3. The molecule has 2 aromatic rings. The predicted octanol–water partition coefficient (Wildman–Crippen LogP) is 3.71. The van der Waals surface area contributed by atoms with E-state index in [0.29, 0.717) is 31.0 Å². The number of likely N-dealkylation sites (N-methyl/N-ethyl adjacent to an activating group) is 1. The Morgan fingerprint density at radius 1 is 0.969 bits per heavy atom. The van der Waals surface area contributed by atoms with Gasteiger partial charge in [-0.05, 0) is 85.5 Å². The molecule has 5 heterocycles. The number of aliphatic hydroxyl groups is 4. The van der Waals surface area contributed by atoms with Crippen LogP contribution in [0.3, 0.4) is 0 Å². The van der Waals surface area contributed by atoms with Gasteiger partial charge >= 0.3 is 5.97 Å². The number of carbonyl (C=O) groups is 2. The van der Waals surface area contributed by atoms with Crippen LogP contribution in [-0.2, 0) is 55.7 Å². The molecule has 0 spiro atoms. The monoisotopic (exact) mass is 936 g/mol. The van der Waals surface area contributed by atoms with Crippen molar-refractivity contribution in [3.63, 3.8) is 0 Å². The van der Waals surface area contributed by atoms with Crippen LogP contribution in [0.15, 0.2) is 30.5 Å². The summed E-state index contributed by atoms with van der Waals surface area (Å²) in [6.45, 7) is 16.5. The van der Waals surface area contributed by atoms with Crippen molar-refractivity contribution in [3.05, 3.63) is 46.7 Å². The zero-order valence-electron chi connectivity index (χ0n) is 39.8. The molecular formula is C47H73ClN4O13. The highest BCUT2D eigenvalue weighted by atomic mass is 35.5. The standard InChI is InChI=1S/C47H73ClN4O13/c1-12-35-47(9,58)40(55)26(3)37(53)31-20-46(8,60-24-31)42(27(4)39(28(5)43(57)63-35)64-36-21-45(7,59-11)41(56)29(6)62-36)65-44-38(54)34(19-25(2)61-44)51(10)18-17-33-23-52(50-49-33)22-30-13-15-32(48)16-14-30/h13-16,23,25-29,31,34-36,38-42,44,54-56,58H,12,17-22,24H2,1-11H3/t25-,26+,27+,28-,29+,31+,34+,35-,36+,38-,39+,40-,41+,42-,44+,45-,46-,47-/m1/s1. The summed E-state index contributed by atoms with van der Waals surface area (Å²) in [6.07, 6.45) is -6.66. The maximum Gasteiger partial charge on any atom is 0.311 e. The number of Topliss-reactive ketones (excluding diaryl/α,β-unsaturated/α-hetero) is 1. The summed E-state index contributed by atoms with van der Waals surface area (Å²) in [5.74, 6) is -4.53. The highest BCUT2D eigenvalue weighted by Crippen LogP contribution is 2.44. The zero-order valence-corrected chi connectivity index (χ0v) is 40.6. The Morgan fingerprint density at radius 2 is 1.66 bits per heavy atom. The lowest BCUT2D eigenvalue weighted by atomic mass is 9.75. The van der Waals surface area contributed by atoms with Gasteiger partial charge in [-0.3, -0.25) is 9.59 Å². The molecule has 65 heavy (non-hydrogen) atoms. The second-order valence-corrected chi connectivity index (χ2v) is 20.3. The summed E-state index contributed by atoms with van der Waals surface area (Å²) in [7, 11) is 3.44. The molecule has 17 nitrogen and oxygen atoms in total. The summed E-state index contributed by atoms with van der Waals surface area (Å²) >= 11 is 6.06. The van der Waals surface area contributed by atoms with Crippen LogP contribution in [0.1, 0.15) is 99.3 Å². The van der Waals surface area contributed by atoms with Crippen LogP contribution in [0, 0.1) is 23.7 Å². The van der Waals surface area contributed by atoms with Crippen LogP contribution in [0.4, 0.5) is 0 Å². The molecule has 2 bridgehead atoms. The van der Waals surface area contributed by atoms with Gasteiger partial charge in [0.1, 0.15) is 29.7 Å². The fourth-order valence-corrected chi connectivity index (χ4v) is 10.6. The van der Waals surface area contributed by atoms with E-state index >= 15 is 0 Å². The average molecular weight is 938 g/mol. The van der Waals surface area contributed by atoms with E-state index < -0.39 is 108 Å². The highest BCUT2D eigenvalue weighted by molar-refractivity contribution is 6.30. The zero-order chi connectivity index (χ0) is 47.8. The van der Waals surface area contributed by atoms with E-state index in [2.05, 4.69) is 15.2 Å². The number of halogens is 1. The lowest BCUT2D eigenvalue weighted by Crippen LogP contribution is -2.61. The van der Waals surface area contributed by atoms with Crippen LogP contribution >= 0.6 is 11.6 Å². The fourth-order valence-electron chi connectivity index (χ4n) is 10.5. The molecule has 0 saturated carbocycles. The number of ketones is 1. The molecule has 1 aromatic carbocycles. The van der Waals surface area contributed by atoms with Crippen LogP contribution in [0.2, 0.25) is 5.02 Å². The van der Waals surface area contributed by atoms with E-state index in [-0.39, 0.29) is 37.8 Å². The van der Waals surface area contributed by atoms with Gasteiger partial charge in [-0.1, -0.05) is 49.7 Å². The first-order valence-corrected chi connectivity index (χ1v) is 23.5. The highest BCUT2D eigenvalue weighted by Gasteiger charge is 2.56. The number of hydrogen-bond acceptors (Lipinski definition) is 16. The Balaban J connectivity index is 1.29. The van der Waals surface area contributed by atoms with Gasteiger partial charge in [-0.15, -0.1) is 5.10 Å². The van der Waals surface area contributed by atoms with Crippen LogP contribution in [-0.4, -0.2) is 164 Å². The maximum absolute atomic E-state index is 14.4. The van der Waals surface area contributed by atoms with Crippen molar-refractivity contribution in [1.82, 2.24) is 19.9 Å². The lowest BCUT2D eigenvalue weighted by molar-refractivity contribution is -0.317. The van der Waals surface area contributed by atoms with Gasteiger partial charge in [0, 0.05) is 61.5 Å². The van der Waals surface area contributed by atoms with Gasteiger partial charge in [0.2, 0.25) is 0 Å². The Morgan fingerprint density at radius 3 is 2.32 bits per heavy atom. The van der Waals surface area contributed by atoms with Crippen molar-refractivity contribution in [2.24, 2.45) is 23.7 Å². The minimum Gasteiger partial charge on any atom is -0.459 e. The molecule has 4 aliphatic rings. The van der Waals surface area contributed by atoms with Gasteiger partial charge in [0.15, 0.2) is 12.6 Å². The Hall–Kier alpha value is -2.65. The number of nitrogens with zero attached hydrogens (tertiary/aromatic N) is 4. The minimum atomic E-state index is -1.98. The number of methoxy groups -OCH3 is 1. The largest absolute Gasteiger partial charge is 0.459 e. The molecule has 4 saturated heterocycles. The molecule has 0 amide bonds. The second-order valence-electron chi connectivity index (χ2n) is 19.8. The van der Waals surface area contributed by atoms with Gasteiger partial charge in [-0.25, -0.2) is 4.68 Å². The molecule has 6 rings (SSSR count). The molecular weight excluding hydrogens is 864 g/mol. The first-order chi connectivity index (χ1) is 30.5. The maximum atomic E-state index is 14.4. The normalized spacial score (nSPS) is 42.2. The molecule has 0 unspecified atom stereocenters. The third-order valence-electron chi connectivity index (χ3n) is 14.7. The number of rotatable bonds is 12. The first kappa shape index (κ1) is 51.7. The van der Waals surface area contributed by atoms with Gasteiger partial charge in [0.25, 0.3) is 0 Å². The molecule has 18 heteroatoms. The van der Waals surface area contributed by atoms with E-state index in [4.69, 9.17) is 44.8 Å². The first-order valence-electron chi connectivity index (χ1n) is 23.2. The van der Waals surface area contributed by atoms with E-state index in [9.17, 15) is 30.0 Å². The van der Waals surface area contributed by atoms with Crippen molar-refractivity contribution >= 4 is 23.4 Å². The van der Waals surface area contributed by atoms with Crippen molar-refractivity contribution in [1.29, 1.82) is 0 Å². The summed E-state index contributed by atoms with van der Waals surface area (Å²) < 4.78 is 46.6. The summed E-state index contributed by atoms with van der Waals surface area (Å²) in [4.78, 5) is 30.6. The number of aliphatic hydroxyl groups excluding tert-OH is 3. The van der Waals surface area contributed by atoms with Crippen LogP contribution < -0.4 is 0 Å². The van der Waals surface area contributed by atoms with Gasteiger partial charge < -0.3 is 58.5 Å². The third-order valence-corrected chi connectivity index (χ3v) is 15.0. The van der Waals surface area contributed by atoms with E-state index in [0.717, 1.165) is 11.3 Å². The molecule has 4 N–H and O–H groups in total. The fraction of sp³-hybridized carbons (Fsp3) is 0.787. The topological polar surface area (TPSA) is 214 Å². The van der Waals surface area contributed by atoms with Crippen molar-refractivity contribution in [3.8, 4) is 0 Å². The number of hydrogen-bond donors (Lipinski definition) is 4. The number of cyclic esters (lactones) is 1. The Labute approximate surface area is 388 Å². The minimum absolute atomic E-state index is 0.00231. The predicted molar refractivity (Wildman–Crippen MR) is 238 cm³/mol. The molecule has 18 atom stereocenters. The molecule has 4 fully saturated rings. The number of esters is 1.